The van der Waals surface area contributed by atoms with Crippen LogP contribution in [0.2, 0.25) is 0 Å². The maximum atomic E-state index is 12.3. The zero-order chi connectivity index (χ0) is 17.9. The summed E-state index contributed by atoms with van der Waals surface area (Å²) in [6.07, 6.45) is 7.35. The van der Waals surface area contributed by atoms with Crippen LogP contribution in [0.25, 0.3) is 21.2 Å². The van der Waals surface area contributed by atoms with Crippen molar-refractivity contribution in [3.63, 3.8) is 0 Å². The van der Waals surface area contributed by atoms with Gasteiger partial charge in [-0.2, -0.15) is 0 Å². The van der Waals surface area contributed by atoms with Crippen LogP contribution >= 0.6 is 11.3 Å². The number of piperidine rings is 1. The molecule has 1 fully saturated rings. The summed E-state index contributed by atoms with van der Waals surface area (Å²) < 4.78 is 0. The van der Waals surface area contributed by atoms with Crippen molar-refractivity contribution in [1.29, 1.82) is 0 Å². The minimum absolute atomic E-state index is 0.00739. The van der Waals surface area contributed by atoms with Gasteiger partial charge in [0.2, 0.25) is 5.91 Å². The Hall–Kier alpha value is -2.31. The summed E-state index contributed by atoms with van der Waals surface area (Å²) in [4.78, 5) is 24.4. The number of carbonyl (C=O) groups excluding carboxylic acids is 1. The molecule has 0 unspecified atom stereocenters. The van der Waals surface area contributed by atoms with Crippen LogP contribution in [0.1, 0.15) is 24.3 Å². The number of fused-ring (bicyclic) bond motifs is 1. The SMILES string of the molecule is Cc1ncc(-c2ccc3cnc(NC(=O)CN4CCCCC4)cc3c2)s1. The molecule has 1 N–H and O–H groups in total. The average molecular weight is 366 g/mol. The third-order valence-electron chi connectivity index (χ3n) is 4.71. The Morgan fingerprint density at radius 3 is 2.73 bits per heavy atom. The van der Waals surface area contributed by atoms with Gasteiger partial charge in [0.15, 0.2) is 0 Å². The first-order chi connectivity index (χ1) is 12.7. The molecule has 2 aromatic heterocycles. The van der Waals surface area contributed by atoms with E-state index in [0.717, 1.165) is 39.3 Å². The number of aromatic nitrogens is 2. The predicted molar refractivity (Wildman–Crippen MR) is 107 cm³/mol. The van der Waals surface area contributed by atoms with Gasteiger partial charge in [-0.25, -0.2) is 9.97 Å². The number of thiazole rings is 1. The van der Waals surface area contributed by atoms with Crippen molar-refractivity contribution in [2.45, 2.75) is 26.2 Å². The monoisotopic (exact) mass is 366 g/mol. The highest BCUT2D eigenvalue weighted by Gasteiger charge is 2.14. The number of hydrogen-bond donors (Lipinski definition) is 1. The van der Waals surface area contributed by atoms with Gasteiger partial charge in [-0.1, -0.05) is 18.6 Å². The Bertz CT molecular complexity index is 930. The minimum Gasteiger partial charge on any atom is -0.310 e. The lowest BCUT2D eigenvalue weighted by Gasteiger charge is -2.25. The summed E-state index contributed by atoms with van der Waals surface area (Å²) in [5.41, 5.74) is 1.14. The summed E-state index contributed by atoms with van der Waals surface area (Å²) in [6.45, 7) is 4.47. The molecule has 0 bridgehead atoms. The second kappa shape index (κ2) is 7.51. The number of rotatable bonds is 4. The lowest BCUT2D eigenvalue weighted by molar-refractivity contribution is -0.117. The quantitative estimate of drug-likeness (QED) is 0.755. The fourth-order valence-electron chi connectivity index (χ4n) is 3.36. The molecule has 1 saturated heterocycles. The van der Waals surface area contributed by atoms with Crippen molar-refractivity contribution >= 4 is 33.8 Å². The van der Waals surface area contributed by atoms with Crippen molar-refractivity contribution < 1.29 is 4.79 Å². The molecule has 26 heavy (non-hydrogen) atoms. The van der Waals surface area contributed by atoms with E-state index in [9.17, 15) is 4.79 Å². The van der Waals surface area contributed by atoms with Crippen molar-refractivity contribution in [2.24, 2.45) is 0 Å². The maximum absolute atomic E-state index is 12.3. The van der Waals surface area contributed by atoms with E-state index < -0.39 is 0 Å². The van der Waals surface area contributed by atoms with E-state index in [4.69, 9.17) is 0 Å². The van der Waals surface area contributed by atoms with E-state index in [1.165, 1.54) is 19.3 Å². The molecule has 1 aliphatic rings. The van der Waals surface area contributed by atoms with Crippen LogP contribution in [0.3, 0.4) is 0 Å². The number of nitrogens with one attached hydrogen (secondary N) is 1. The fraction of sp³-hybridized carbons (Fsp3) is 0.350. The largest absolute Gasteiger partial charge is 0.310 e. The number of aryl methyl sites for hydroxylation is 1. The number of amides is 1. The number of nitrogens with zero attached hydrogens (tertiary/aromatic N) is 3. The van der Waals surface area contributed by atoms with E-state index in [-0.39, 0.29) is 5.91 Å². The zero-order valence-corrected chi connectivity index (χ0v) is 15.7. The number of anilines is 1. The highest BCUT2D eigenvalue weighted by atomic mass is 32.1. The summed E-state index contributed by atoms with van der Waals surface area (Å²) in [5, 5.41) is 6.13. The van der Waals surface area contributed by atoms with Gasteiger partial charge in [0, 0.05) is 17.8 Å². The van der Waals surface area contributed by atoms with E-state index in [0.29, 0.717) is 12.4 Å². The molecule has 0 atom stereocenters. The Morgan fingerprint density at radius 1 is 1.12 bits per heavy atom. The fourth-order valence-corrected chi connectivity index (χ4v) is 4.13. The van der Waals surface area contributed by atoms with Crippen LogP contribution in [-0.4, -0.2) is 40.4 Å². The van der Waals surface area contributed by atoms with Gasteiger partial charge >= 0.3 is 0 Å². The molecule has 1 aliphatic heterocycles. The predicted octanol–water partition coefficient (Wildman–Crippen LogP) is 4.09. The maximum Gasteiger partial charge on any atom is 0.239 e. The van der Waals surface area contributed by atoms with E-state index >= 15 is 0 Å². The van der Waals surface area contributed by atoms with Crippen molar-refractivity contribution in [3.8, 4) is 10.4 Å². The van der Waals surface area contributed by atoms with Crippen molar-refractivity contribution in [3.05, 3.63) is 41.7 Å². The molecule has 0 aliphatic carbocycles. The van der Waals surface area contributed by atoms with Crippen LogP contribution in [-0.2, 0) is 4.79 Å². The molecule has 4 rings (SSSR count). The average Bonchev–Trinajstić information content (AvgIpc) is 3.08. The molecule has 5 nitrogen and oxygen atoms in total. The highest BCUT2D eigenvalue weighted by Crippen LogP contribution is 2.29. The molecule has 1 aromatic carbocycles. The van der Waals surface area contributed by atoms with Crippen LogP contribution in [0.15, 0.2) is 36.7 Å². The number of pyridine rings is 1. The minimum atomic E-state index is 0.00739. The summed E-state index contributed by atoms with van der Waals surface area (Å²) in [6, 6.07) is 8.22. The molecular weight excluding hydrogens is 344 g/mol. The summed E-state index contributed by atoms with van der Waals surface area (Å²) in [5.74, 6) is 0.616. The Kier molecular flexibility index (Phi) is 4.95. The van der Waals surface area contributed by atoms with Gasteiger partial charge in [0.05, 0.1) is 16.4 Å². The molecule has 6 heteroatoms. The van der Waals surface area contributed by atoms with Crippen molar-refractivity contribution in [1.82, 2.24) is 14.9 Å². The van der Waals surface area contributed by atoms with Crippen LogP contribution < -0.4 is 5.32 Å². The number of likely N-dealkylation sites (tertiary alicyclic amines) is 1. The van der Waals surface area contributed by atoms with E-state index in [1.54, 1.807) is 11.3 Å². The Labute approximate surface area is 157 Å². The Balaban J connectivity index is 1.51. The van der Waals surface area contributed by atoms with Gasteiger partial charge in [0.1, 0.15) is 5.82 Å². The lowest BCUT2D eigenvalue weighted by atomic mass is 10.1. The van der Waals surface area contributed by atoms with Crippen LogP contribution in [0, 0.1) is 6.92 Å². The third-order valence-corrected chi connectivity index (χ3v) is 5.67. The highest BCUT2D eigenvalue weighted by molar-refractivity contribution is 7.15. The first-order valence-corrected chi connectivity index (χ1v) is 9.84. The van der Waals surface area contributed by atoms with Gasteiger partial charge in [-0.3, -0.25) is 9.69 Å². The molecule has 1 amide bonds. The standard InChI is InChI=1S/C20H22N4OS/c1-14-21-12-18(26-14)15-5-6-16-11-22-19(10-17(16)9-15)23-20(25)13-24-7-3-2-4-8-24/h5-6,9-12H,2-4,7-8,13H2,1H3,(H,22,23,25). The van der Waals surface area contributed by atoms with Crippen LogP contribution in [0.5, 0.6) is 0 Å². The van der Waals surface area contributed by atoms with Crippen molar-refractivity contribution in [2.75, 3.05) is 25.0 Å². The van der Waals surface area contributed by atoms with Gasteiger partial charge < -0.3 is 5.32 Å². The van der Waals surface area contributed by atoms with E-state index in [2.05, 4.69) is 38.4 Å². The second-order valence-electron chi connectivity index (χ2n) is 6.76. The lowest BCUT2D eigenvalue weighted by Crippen LogP contribution is -2.36. The summed E-state index contributed by atoms with van der Waals surface area (Å²) >= 11 is 1.68. The van der Waals surface area contributed by atoms with Gasteiger partial charge in [-0.05, 0) is 55.9 Å². The topological polar surface area (TPSA) is 58.1 Å². The zero-order valence-electron chi connectivity index (χ0n) is 14.9. The molecule has 3 heterocycles. The van der Waals surface area contributed by atoms with Gasteiger partial charge in [0.25, 0.3) is 0 Å². The molecule has 0 radical (unpaired) electrons. The molecule has 134 valence electrons. The smallest absolute Gasteiger partial charge is 0.239 e. The Morgan fingerprint density at radius 2 is 1.96 bits per heavy atom. The van der Waals surface area contributed by atoms with Crippen LogP contribution in [0.4, 0.5) is 5.82 Å². The third kappa shape index (κ3) is 3.92. The number of benzene rings is 1. The molecule has 0 spiro atoms. The molecule has 3 aromatic rings. The second-order valence-corrected chi connectivity index (χ2v) is 7.99. The number of carbonyl (C=O) groups is 1. The van der Waals surface area contributed by atoms with E-state index in [1.807, 2.05) is 25.4 Å². The summed E-state index contributed by atoms with van der Waals surface area (Å²) in [7, 11) is 0. The first-order valence-electron chi connectivity index (χ1n) is 9.02. The molecular formula is C20H22N4OS. The molecule has 0 saturated carbocycles. The first kappa shape index (κ1) is 17.1. The van der Waals surface area contributed by atoms with Gasteiger partial charge in [-0.15, -0.1) is 11.3 Å². The normalized spacial score (nSPS) is 15.3. The number of hydrogen-bond acceptors (Lipinski definition) is 5.